The topological polar surface area (TPSA) is 66.3 Å². The van der Waals surface area contributed by atoms with Crippen LogP contribution in [-0.2, 0) is 18.9 Å². The van der Waals surface area contributed by atoms with Crippen LogP contribution in [0, 0.1) is 0 Å². The minimum Gasteiger partial charge on any atom is -0.320 e. The van der Waals surface area contributed by atoms with Gasteiger partial charge in [-0.3, -0.25) is 9.88 Å². The molecule has 1 aliphatic heterocycles. The highest BCUT2D eigenvalue weighted by molar-refractivity contribution is 7.99. The van der Waals surface area contributed by atoms with E-state index in [0.717, 1.165) is 30.5 Å². The highest BCUT2D eigenvalue weighted by atomic mass is 32.2. The Kier molecular flexibility index (Phi) is 7.69. The largest absolute Gasteiger partial charge is 0.433 e. The zero-order valence-electron chi connectivity index (χ0n) is 19.5. The molecule has 0 bridgehead atoms. The van der Waals surface area contributed by atoms with Crippen molar-refractivity contribution in [3.8, 4) is 11.1 Å². The number of rotatable bonds is 5. The van der Waals surface area contributed by atoms with Crippen LogP contribution in [0.25, 0.3) is 11.1 Å². The SMILES string of the molecule is CSNc1ccn(C(=O)N2CCN(Cc3ccc(C(F)(F)F)cc3-c3ccc(C(F)(F)F)nc3)CC2)n1. The number of nitrogens with one attached hydrogen (secondary N) is 1. The molecule has 0 atom stereocenters. The summed E-state index contributed by atoms with van der Waals surface area (Å²) in [5.41, 5.74) is -1.22. The maximum Gasteiger partial charge on any atom is 0.433 e. The molecular formula is C23H22F6N6OS. The van der Waals surface area contributed by atoms with Gasteiger partial charge in [0, 0.05) is 63.0 Å². The van der Waals surface area contributed by atoms with E-state index >= 15 is 0 Å². The van der Waals surface area contributed by atoms with Crippen LogP contribution in [0.1, 0.15) is 16.8 Å². The van der Waals surface area contributed by atoms with Crippen LogP contribution >= 0.6 is 11.9 Å². The van der Waals surface area contributed by atoms with Crippen LogP contribution in [0.15, 0.2) is 48.8 Å². The number of hydrogen-bond acceptors (Lipinski definition) is 6. The predicted molar refractivity (Wildman–Crippen MR) is 127 cm³/mol. The Morgan fingerprint density at radius 1 is 1.00 bits per heavy atom. The fourth-order valence-electron chi connectivity index (χ4n) is 3.95. The summed E-state index contributed by atoms with van der Waals surface area (Å²) in [6, 6.07) is 6.46. The van der Waals surface area contributed by atoms with Crippen molar-refractivity contribution in [1.82, 2.24) is 24.6 Å². The number of carbonyl (C=O) groups excluding carboxylic acids is 1. The van der Waals surface area contributed by atoms with Gasteiger partial charge in [-0.2, -0.15) is 31.0 Å². The van der Waals surface area contributed by atoms with Gasteiger partial charge in [0.05, 0.1) is 5.56 Å². The predicted octanol–water partition coefficient (Wildman–Crippen LogP) is 5.46. The summed E-state index contributed by atoms with van der Waals surface area (Å²) in [5.74, 6) is 0.548. The van der Waals surface area contributed by atoms with E-state index in [-0.39, 0.29) is 23.7 Å². The lowest BCUT2D eigenvalue weighted by molar-refractivity contribution is -0.141. The summed E-state index contributed by atoms with van der Waals surface area (Å²) in [7, 11) is 0. The number of hydrogen-bond donors (Lipinski definition) is 1. The maximum absolute atomic E-state index is 13.4. The molecule has 2 aromatic heterocycles. The Labute approximate surface area is 212 Å². The third-order valence-corrected chi connectivity index (χ3v) is 6.24. The molecule has 1 aliphatic rings. The van der Waals surface area contributed by atoms with Crippen LogP contribution in [0.2, 0.25) is 0 Å². The third-order valence-electron chi connectivity index (χ3n) is 5.83. The highest BCUT2D eigenvalue weighted by Gasteiger charge is 2.33. The fraction of sp³-hybridized carbons (Fsp3) is 0.348. The van der Waals surface area contributed by atoms with Crippen molar-refractivity contribution in [2.24, 2.45) is 0 Å². The summed E-state index contributed by atoms with van der Waals surface area (Å²) in [6.45, 7) is 1.91. The van der Waals surface area contributed by atoms with E-state index in [1.165, 1.54) is 22.7 Å². The van der Waals surface area contributed by atoms with Gasteiger partial charge in [0.2, 0.25) is 0 Å². The summed E-state index contributed by atoms with van der Waals surface area (Å²) < 4.78 is 83.0. The lowest BCUT2D eigenvalue weighted by Crippen LogP contribution is -2.49. The quantitative estimate of drug-likeness (QED) is 0.340. The van der Waals surface area contributed by atoms with Crippen molar-refractivity contribution in [2.45, 2.75) is 18.9 Å². The molecule has 3 aromatic rings. The van der Waals surface area contributed by atoms with Crippen molar-refractivity contribution < 1.29 is 31.1 Å². The Morgan fingerprint density at radius 3 is 2.32 bits per heavy atom. The van der Waals surface area contributed by atoms with Gasteiger partial charge in [0.25, 0.3) is 0 Å². The number of nitrogens with zero attached hydrogens (tertiary/aromatic N) is 5. The van der Waals surface area contributed by atoms with Gasteiger partial charge in [-0.05, 0) is 29.3 Å². The third kappa shape index (κ3) is 6.36. The van der Waals surface area contributed by atoms with Crippen LogP contribution in [0.5, 0.6) is 0 Å². The number of halogens is 6. The van der Waals surface area contributed by atoms with Crippen LogP contribution < -0.4 is 4.72 Å². The molecular weight excluding hydrogens is 522 g/mol. The van der Waals surface area contributed by atoms with Crippen LogP contribution in [0.4, 0.5) is 37.0 Å². The number of alkyl halides is 6. The number of amides is 1. The van der Waals surface area contributed by atoms with Crippen LogP contribution in [-0.4, -0.2) is 63.0 Å². The molecule has 37 heavy (non-hydrogen) atoms. The molecule has 1 aromatic carbocycles. The number of carbonyl (C=O) groups is 1. The average Bonchev–Trinajstić information content (AvgIpc) is 3.32. The minimum atomic E-state index is -4.66. The summed E-state index contributed by atoms with van der Waals surface area (Å²) in [4.78, 5) is 19.7. The minimum absolute atomic E-state index is 0.149. The van der Waals surface area contributed by atoms with Gasteiger partial charge in [0.15, 0.2) is 5.82 Å². The van der Waals surface area contributed by atoms with Crippen molar-refractivity contribution in [2.75, 3.05) is 37.2 Å². The van der Waals surface area contributed by atoms with Crippen LogP contribution in [0.3, 0.4) is 0 Å². The number of pyridine rings is 1. The Morgan fingerprint density at radius 2 is 1.73 bits per heavy atom. The monoisotopic (exact) mass is 544 g/mol. The molecule has 0 radical (unpaired) electrons. The van der Waals surface area contributed by atoms with Gasteiger partial charge in [-0.1, -0.05) is 24.1 Å². The van der Waals surface area contributed by atoms with E-state index in [9.17, 15) is 31.1 Å². The molecule has 1 N–H and O–H groups in total. The molecule has 7 nitrogen and oxygen atoms in total. The van der Waals surface area contributed by atoms with E-state index in [1.807, 2.05) is 11.2 Å². The first kappa shape index (κ1) is 26.8. The van der Waals surface area contributed by atoms with Gasteiger partial charge < -0.3 is 9.62 Å². The normalized spacial score (nSPS) is 15.2. The van der Waals surface area contributed by atoms with Crippen molar-refractivity contribution >= 4 is 23.8 Å². The molecule has 198 valence electrons. The Bertz CT molecular complexity index is 1240. The lowest BCUT2D eigenvalue weighted by Gasteiger charge is -2.34. The van der Waals surface area contributed by atoms with E-state index in [4.69, 9.17) is 0 Å². The molecule has 4 rings (SSSR count). The lowest BCUT2D eigenvalue weighted by atomic mass is 9.97. The fourth-order valence-corrected chi connectivity index (χ4v) is 4.27. The number of benzene rings is 1. The number of anilines is 1. The van der Waals surface area contributed by atoms with Gasteiger partial charge in [0.1, 0.15) is 5.69 Å². The zero-order chi connectivity index (χ0) is 26.8. The molecule has 0 aliphatic carbocycles. The molecule has 1 amide bonds. The second-order valence-electron chi connectivity index (χ2n) is 8.30. The zero-order valence-corrected chi connectivity index (χ0v) is 20.3. The van der Waals surface area contributed by atoms with Gasteiger partial charge >= 0.3 is 18.4 Å². The van der Waals surface area contributed by atoms with E-state index in [0.29, 0.717) is 37.6 Å². The standard InChI is InChI=1S/C23H22F6N6OS/c1-37-32-20-6-7-35(31-20)21(36)34-10-8-33(9-11-34)14-16-2-4-17(22(24,25)26)12-18(16)15-3-5-19(30-13-15)23(27,28)29/h2-7,12-13H,8-11,14H2,1H3,(H,31,32). The summed E-state index contributed by atoms with van der Waals surface area (Å²) >= 11 is 1.35. The number of piperazine rings is 1. The smallest absolute Gasteiger partial charge is 0.320 e. The second-order valence-corrected chi connectivity index (χ2v) is 8.91. The van der Waals surface area contributed by atoms with Crippen molar-refractivity contribution in [3.05, 3.63) is 65.6 Å². The van der Waals surface area contributed by atoms with Crippen molar-refractivity contribution in [1.29, 1.82) is 0 Å². The average molecular weight is 545 g/mol. The molecule has 0 saturated carbocycles. The van der Waals surface area contributed by atoms with Crippen molar-refractivity contribution in [3.63, 3.8) is 0 Å². The molecule has 0 spiro atoms. The Balaban J connectivity index is 1.49. The molecule has 1 fully saturated rings. The highest BCUT2D eigenvalue weighted by Crippen LogP contribution is 2.35. The first-order valence-corrected chi connectivity index (χ1v) is 12.3. The van der Waals surface area contributed by atoms with Gasteiger partial charge in [-0.15, -0.1) is 5.10 Å². The molecule has 14 heteroatoms. The van der Waals surface area contributed by atoms with Gasteiger partial charge in [-0.25, -0.2) is 4.79 Å². The summed E-state index contributed by atoms with van der Waals surface area (Å²) in [6.07, 6.45) is -4.95. The summed E-state index contributed by atoms with van der Waals surface area (Å²) in [5, 5.41) is 4.17. The maximum atomic E-state index is 13.4. The van der Waals surface area contributed by atoms with E-state index < -0.39 is 23.6 Å². The molecule has 3 heterocycles. The second kappa shape index (κ2) is 10.6. The number of aromatic nitrogens is 3. The van der Waals surface area contributed by atoms with E-state index in [2.05, 4.69) is 14.8 Å². The molecule has 1 saturated heterocycles. The first-order valence-electron chi connectivity index (χ1n) is 11.1. The molecule has 0 unspecified atom stereocenters. The Hall–Kier alpha value is -3.26. The van der Waals surface area contributed by atoms with E-state index in [1.54, 1.807) is 17.2 Å². The first-order chi connectivity index (χ1) is 17.5.